The average Bonchev–Trinajstić information content (AvgIpc) is 3.16. The van der Waals surface area contributed by atoms with E-state index in [9.17, 15) is 45.3 Å². The Labute approximate surface area is 320 Å². The number of likely N-dealkylation sites (tertiary alicyclic amines) is 1. The molecule has 2 saturated heterocycles. The summed E-state index contributed by atoms with van der Waals surface area (Å²) in [6.45, 7) is 3.79. The highest BCUT2D eigenvalue weighted by Gasteiger charge is 2.57. The number of nitrogens with two attached hydrogens (primary N) is 2. The van der Waals surface area contributed by atoms with Crippen LogP contribution in [0.15, 0.2) is 41.6 Å². The highest BCUT2D eigenvalue weighted by atomic mass is 16.8. The van der Waals surface area contributed by atoms with Crippen LogP contribution < -0.4 is 26.4 Å². The van der Waals surface area contributed by atoms with Gasteiger partial charge in [-0.25, -0.2) is 4.79 Å². The zero-order chi connectivity index (χ0) is 40.1. The number of hydrogen-bond acceptors (Lipinski definition) is 15. The van der Waals surface area contributed by atoms with Crippen LogP contribution in [0.1, 0.15) is 38.5 Å². The highest BCUT2D eigenvalue weighted by molar-refractivity contribution is 5.89. The van der Waals surface area contributed by atoms with Crippen molar-refractivity contribution >= 4 is 17.9 Å². The molecule has 3 heterocycles. The molecule has 0 aromatic heterocycles. The third-order valence-electron chi connectivity index (χ3n) is 10.6. The van der Waals surface area contributed by atoms with E-state index in [2.05, 4.69) is 16.9 Å². The van der Waals surface area contributed by atoms with Gasteiger partial charge in [0.05, 0.1) is 69.0 Å². The van der Waals surface area contributed by atoms with Crippen molar-refractivity contribution in [2.24, 2.45) is 34.4 Å². The smallest absolute Gasteiger partial charge is 0.338 e. The van der Waals surface area contributed by atoms with E-state index < -0.39 is 84.9 Å². The number of quaternary nitrogens is 2. The Bertz CT molecular complexity index is 1340. The van der Waals surface area contributed by atoms with Crippen molar-refractivity contribution in [1.82, 2.24) is 5.32 Å². The molecule has 0 bridgehead atoms. The maximum Gasteiger partial charge on any atom is 0.338 e. The van der Waals surface area contributed by atoms with Gasteiger partial charge in [0, 0.05) is 25.0 Å². The third-order valence-corrected chi connectivity index (χ3v) is 10.6. The van der Waals surface area contributed by atoms with Crippen molar-refractivity contribution in [3.63, 3.8) is 0 Å². The van der Waals surface area contributed by atoms with Gasteiger partial charge in [-0.2, -0.15) is 0 Å². The quantitative estimate of drug-likeness (QED) is 0.0154. The van der Waals surface area contributed by atoms with Crippen molar-refractivity contribution in [3.8, 4) is 0 Å². The van der Waals surface area contributed by atoms with Crippen LogP contribution >= 0.6 is 0 Å². The fraction of sp³-hybridized carbons (Fsp3) is 0.750. The zero-order valence-corrected chi connectivity index (χ0v) is 31.3. The summed E-state index contributed by atoms with van der Waals surface area (Å²) in [6.07, 6.45) is 2.48. The molecule has 0 radical (unpaired) electrons. The molecular weight excluding hydrogens is 726 g/mol. The molecule has 0 spiro atoms. The SMILES string of the molecule is C=CC1C(OC2OC(CO)C(O)C(O)(O)C2OC[NH2+]C)OC=C(C(=O)OC2CCCCC2)C1C=CC1C[NH+](CCO)CC(C(=O)[O-])C1NC(N)=NCCCO. The second kappa shape index (κ2) is 21.4. The van der Waals surface area contributed by atoms with Gasteiger partial charge < -0.3 is 85.5 Å². The number of nitrogens with one attached hydrogen (secondary N) is 2. The lowest BCUT2D eigenvalue weighted by atomic mass is 9.79. The van der Waals surface area contributed by atoms with Gasteiger partial charge in [-0.1, -0.05) is 24.6 Å². The van der Waals surface area contributed by atoms with E-state index in [1.54, 1.807) is 24.5 Å². The topological polar surface area (TPSA) is 296 Å². The maximum absolute atomic E-state index is 13.8. The molecule has 1 saturated carbocycles. The number of ether oxygens (including phenoxy) is 5. The zero-order valence-electron chi connectivity index (χ0n) is 31.3. The van der Waals surface area contributed by atoms with E-state index in [-0.39, 0.29) is 57.2 Å². The normalized spacial score (nSPS) is 34.4. The number of carbonyl (C=O) groups is 2. The fourth-order valence-corrected chi connectivity index (χ4v) is 7.64. The second-order valence-corrected chi connectivity index (χ2v) is 14.5. The second-order valence-electron chi connectivity index (χ2n) is 14.5. The number of aliphatic carboxylic acids is 1. The van der Waals surface area contributed by atoms with Crippen molar-refractivity contribution in [3.05, 3.63) is 36.6 Å². The standard InChI is InChI=1S/C36H59N5O14/c1-3-23-24(11-10-21-16-41(13-15-43)17-25(31(46)47)28(21)40-35(37)39-12-7-14-42)26(32(48)53-22-8-5-4-6-9-22)19-51-33(23)55-34-30(52-20-38-2)36(49,50)29(45)27(18-44)54-34/h3,10-11,19,21-25,27-30,33-34,38,42-45,49-50H,1,4-9,12-18,20H2,2H3,(H,46,47)(H3,37,39,40)/p+1. The summed E-state index contributed by atoms with van der Waals surface area (Å²) in [5, 5.41) is 78.3. The summed E-state index contributed by atoms with van der Waals surface area (Å²) in [7, 11) is 1.67. The number of rotatable bonds is 18. The molecule has 4 rings (SSSR count). The van der Waals surface area contributed by atoms with Crippen LogP contribution in [-0.2, 0) is 33.3 Å². The summed E-state index contributed by atoms with van der Waals surface area (Å²) in [4.78, 5) is 31.3. The molecule has 19 nitrogen and oxygen atoms in total. The summed E-state index contributed by atoms with van der Waals surface area (Å²) in [6, 6.07) is -0.815. The summed E-state index contributed by atoms with van der Waals surface area (Å²) in [5.41, 5.74) is 6.28. The van der Waals surface area contributed by atoms with Gasteiger partial charge in [-0.3, -0.25) is 4.99 Å². The van der Waals surface area contributed by atoms with Gasteiger partial charge in [-0.15, -0.1) is 6.58 Å². The molecule has 0 amide bonds. The Morgan fingerprint density at radius 3 is 2.55 bits per heavy atom. The first kappa shape index (κ1) is 44.5. The molecule has 0 aromatic rings. The molecule has 19 heteroatoms. The van der Waals surface area contributed by atoms with Crippen LogP contribution in [-0.4, -0.2) is 157 Å². The van der Waals surface area contributed by atoms with Crippen molar-refractivity contribution in [1.29, 1.82) is 0 Å². The third kappa shape index (κ3) is 11.4. The molecule has 4 aliphatic rings. The number of hydrogen-bond donors (Lipinski definition) is 10. The van der Waals surface area contributed by atoms with Crippen molar-refractivity contribution in [2.75, 3.05) is 59.8 Å². The predicted octanol–water partition coefficient (Wildman–Crippen LogP) is -6.08. The largest absolute Gasteiger partial charge is 0.550 e. The first-order valence-electron chi connectivity index (χ1n) is 19.0. The van der Waals surface area contributed by atoms with Crippen LogP contribution in [0.4, 0.5) is 0 Å². The number of aliphatic imine (C=N–C) groups is 1. The number of piperidine rings is 1. The van der Waals surface area contributed by atoms with Crippen LogP contribution in [0.5, 0.6) is 0 Å². The van der Waals surface area contributed by atoms with Gasteiger partial charge in [0.15, 0.2) is 25.1 Å². The number of carboxylic acids is 1. The number of allylic oxidation sites excluding steroid dienone is 1. The van der Waals surface area contributed by atoms with Crippen molar-refractivity contribution < 1.29 is 79.2 Å². The van der Waals surface area contributed by atoms with Crippen LogP contribution in [0, 0.1) is 23.7 Å². The molecule has 312 valence electrons. The Kier molecular flexibility index (Phi) is 17.3. The Hall–Kier alpha value is -3.21. The molecule has 3 aliphatic heterocycles. The molecule has 1 aliphatic carbocycles. The summed E-state index contributed by atoms with van der Waals surface area (Å²) >= 11 is 0. The number of guanidine groups is 1. The van der Waals surface area contributed by atoms with E-state index in [1.165, 1.54) is 12.3 Å². The Morgan fingerprint density at radius 1 is 1.16 bits per heavy atom. The van der Waals surface area contributed by atoms with Gasteiger partial charge in [0.2, 0.25) is 12.1 Å². The average molecular weight is 787 g/mol. The molecule has 11 unspecified atom stereocenters. The van der Waals surface area contributed by atoms with E-state index in [4.69, 9.17) is 29.4 Å². The van der Waals surface area contributed by atoms with Crippen LogP contribution in [0.2, 0.25) is 0 Å². The molecular formula is C36H60N5O14+. The number of carbonyl (C=O) groups excluding carboxylic acids is 2. The minimum Gasteiger partial charge on any atom is -0.550 e. The number of aliphatic hydroxyl groups is 6. The Balaban J connectivity index is 1.71. The van der Waals surface area contributed by atoms with E-state index >= 15 is 0 Å². The van der Waals surface area contributed by atoms with Gasteiger partial charge in [0.1, 0.15) is 24.9 Å². The van der Waals surface area contributed by atoms with Crippen molar-refractivity contribution in [2.45, 2.75) is 87.3 Å². The van der Waals surface area contributed by atoms with E-state index in [0.29, 0.717) is 25.8 Å². The van der Waals surface area contributed by atoms with Gasteiger partial charge in [0.25, 0.3) is 0 Å². The maximum atomic E-state index is 13.8. The molecule has 12 N–H and O–H groups in total. The monoisotopic (exact) mass is 786 g/mol. The van der Waals surface area contributed by atoms with E-state index in [1.807, 2.05) is 0 Å². The minimum atomic E-state index is -2.91. The lowest BCUT2D eigenvalue weighted by Gasteiger charge is -2.47. The summed E-state index contributed by atoms with van der Waals surface area (Å²) < 4.78 is 29.4. The number of carboxylic acid groups (broad SMARTS) is 1. The highest BCUT2D eigenvalue weighted by Crippen LogP contribution is 2.39. The van der Waals surface area contributed by atoms with Gasteiger partial charge in [-0.05, 0) is 32.1 Å². The first-order valence-corrected chi connectivity index (χ1v) is 19.0. The van der Waals surface area contributed by atoms with Crippen LogP contribution in [0.3, 0.4) is 0 Å². The lowest BCUT2D eigenvalue weighted by Crippen LogP contribution is -3.16. The summed E-state index contributed by atoms with van der Waals surface area (Å²) in [5.74, 6) is -8.23. The predicted molar refractivity (Wildman–Crippen MR) is 190 cm³/mol. The lowest BCUT2D eigenvalue weighted by molar-refractivity contribution is -0.911. The minimum absolute atomic E-state index is 0.0195. The Morgan fingerprint density at radius 2 is 1.91 bits per heavy atom. The number of aliphatic hydroxyl groups excluding tert-OH is 4. The fourth-order valence-electron chi connectivity index (χ4n) is 7.64. The molecule has 0 aromatic carbocycles. The van der Waals surface area contributed by atoms with E-state index in [0.717, 1.165) is 24.2 Å². The number of esters is 1. The number of nitrogens with zero attached hydrogens (tertiary/aromatic N) is 1. The van der Waals surface area contributed by atoms with Crippen LogP contribution in [0.25, 0.3) is 0 Å². The first-order chi connectivity index (χ1) is 26.4. The van der Waals surface area contributed by atoms with Gasteiger partial charge >= 0.3 is 5.97 Å². The molecule has 3 fully saturated rings. The molecule has 11 atom stereocenters. The molecule has 55 heavy (non-hydrogen) atoms.